The van der Waals surface area contributed by atoms with Crippen LogP contribution in [-0.4, -0.2) is 29.3 Å². The number of hydrogen-bond acceptors (Lipinski definition) is 2. The van der Waals surface area contributed by atoms with Gasteiger partial charge in [0, 0.05) is 10.9 Å². The van der Waals surface area contributed by atoms with E-state index in [1.165, 1.54) is 6.42 Å². The van der Waals surface area contributed by atoms with E-state index >= 15 is 0 Å². The van der Waals surface area contributed by atoms with Crippen molar-refractivity contribution in [2.24, 2.45) is 17.3 Å². The predicted molar refractivity (Wildman–Crippen MR) is 82.0 cm³/mol. The molecular formula is C16H25ClN2O2. The fraction of sp³-hybridized carbons (Fsp3) is 0.875. The molecule has 5 heteroatoms. The Morgan fingerprint density at radius 2 is 1.81 bits per heavy atom. The molecule has 0 radical (unpaired) electrons. The van der Waals surface area contributed by atoms with Crippen LogP contribution in [0.15, 0.2) is 0 Å². The molecule has 4 bridgehead atoms. The fourth-order valence-electron chi connectivity index (χ4n) is 5.14. The van der Waals surface area contributed by atoms with Gasteiger partial charge in [0.2, 0.25) is 11.8 Å². The second-order valence-corrected chi connectivity index (χ2v) is 8.60. The first-order valence-electron chi connectivity index (χ1n) is 8.07. The van der Waals surface area contributed by atoms with E-state index in [9.17, 15) is 9.59 Å². The van der Waals surface area contributed by atoms with Crippen LogP contribution in [0.1, 0.15) is 52.4 Å². The average Bonchev–Trinajstić information content (AvgIpc) is 2.31. The number of hydrogen-bond donors (Lipinski definition) is 2. The molecule has 0 aromatic carbocycles. The lowest BCUT2D eigenvalue weighted by molar-refractivity contribution is -0.145. The van der Waals surface area contributed by atoms with E-state index in [-0.39, 0.29) is 34.7 Å². The Bertz CT molecular complexity index is 449. The Morgan fingerprint density at radius 3 is 2.33 bits per heavy atom. The molecule has 2 unspecified atom stereocenters. The van der Waals surface area contributed by atoms with Crippen molar-refractivity contribution < 1.29 is 9.59 Å². The van der Waals surface area contributed by atoms with Crippen molar-refractivity contribution >= 4 is 23.4 Å². The van der Waals surface area contributed by atoms with Gasteiger partial charge in [0.15, 0.2) is 0 Å². The second-order valence-electron chi connectivity index (χ2n) is 7.80. The third-order valence-corrected chi connectivity index (χ3v) is 5.77. The van der Waals surface area contributed by atoms with Gasteiger partial charge in [-0.15, -0.1) is 11.6 Å². The van der Waals surface area contributed by atoms with Gasteiger partial charge in [-0.2, -0.15) is 0 Å². The Balaban J connectivity index is 1.63. The summed E-state index contributed by atoms with van der Waals surface area (Å²) in [5.41, 5.74) is -0.316. The third-order valence-electron chi connectivity index (χ3n) is 5.33. The van der Waals surface area contributed by atoms with E-state index in [4.69, 9.17) is 11.6 Å². The number of rotatable bonds is 4. The van der Waals surface area contributed by atoms with Gasteiger partial charge in [-0.05, 0) is 64.2 Å². The van der Waals surface area contributed by atoms with E-state index in [0.29, 0.717) is 11.8 Å². The van der Waals surface area contributed by atoms with Crippen molar-refractivity contribution in [3.8, 4) is 0 Å². The first kappa shape index (κ1) is 15.1. The third kappa shape index (κ3) is 2.92. The van der Waals surface area contributed by atoms with Gasteiger partial charge in [-0.3, -0.25) is 9.59 Å². The van der Waals surface area contributed by atoms with Crippen LogP contribution in [0.25, 0.3) is 0 Å². The van der Waals surface area contributed by atoms with Crippen LogP contribution in [-0.2, 0) is 9.59 Å². The standard InChI is InChI=1S/C16H25ClN2O2/c1-10(2)19-13(20)8-18-14(21)15-4-11-3-12(5-15)7-16(17,6-11)9-15/h10-12H,3-9H2,1-2H3,(H,18,21)(H,19,20)/t11-,12+,15?,16?. The smallest absolute Gasteiger partial charge is 0.239 e. The summed E-state index contributed by atoms with van der Waals surface area (Å²) >= 11 is 6.74. The van der Waals surface area contributed by atoms with E-state index in [1.54, 1.807) is 0 Å². The van der Waals surface area contributed by atoms with Crippen LogP contribution in [0.2, 0.25) is 0 Å². The van der Waals surface area contributed by atoms with Crippen molar-refractivity contribution in [2.45, 2.75) is 63.3 Å². The first-order chi connectivity index (χ1) is 9.80. The molecule has 0 aromatic rings. The highest BCUT2D eigenvalue weighted by molar-refractivity contribution is 6.24. The molecule has 2 amide bonds. The maximum atomic E-state index is 12.7. The largest absolute Gasteiger partial charge is 0.352 e. The molecule has 4 fully saturated rings. The molecule has 4 nitrogen and oxygen atoms in total. The van der Waals surface area contributed by atoms with Gasteiger partial charge in [0.05, 0.1) is 12.0 Å². The average molecular weight is 313 g/mol. The fourth-order valence-corrected chi connectivity index (χ4v) is 5.83. The van der Waals surface area contributed by atoms with Crippen LogP contribution in [0.3, 0.4) is 0 Å². The van der Waals surface area contributed by atoms with E-state index in [2.05, 4.69) is 10.6 Å². The number of carbonyl (C=O) groups is 2. The summed E-state index contributed by atoms with van der Waals surface area (Å²) in [4.78, 5) is 24.2. The molecule has 0 aromatic heterocycles. The minimum Gasteiger partial charge on any atom is -0.352 e. The maximum absolute atomic E-state index is 12.7. The molecule has 0 spiro atoms. The van der Waals surface area contributed by atoms with Crippen LogP contribution in [0.4, 0.5) is 0 Å². The Kier molecular flexibility index (Phi) is 3.71. The Morgan fingerprint density at radius 1 is 1.19 bits per heavy atom. The number of halogens is 1. The van der Waals surface area contributed by atoms with Gasteiger partial charge >= 0.3 is 0 Å². The zero-order chi connectivity index (χ0) is 15.3. The summed E-state index contributed by atoms with van der Waals surface area (Å²) < 4.78 is 0. The Hall–Kier alpha value is -0.770. The van der Waals surface area contributed by atoms with E-state index in [0.717, 1.165) is 32.1 Å². The molecule has 4 saturated carbocycles. The number of carbonyl (C=O) groups excluding carboxylic acids is 2. The van der Waals surface area contributed by atoms with E-state index in [1.807, 2.05) is 13.8 Å². The summed E-state index contributed by atoms with van der Waals surface area (Å²) in [6.07, 6.45) is 6.05. The van der Waals surface area contributed by atoms with E-state index < -0.39 is 0 Å². The highest BCUT2D eigenvalue weighted by Gasteiger charge is 2.59. The monoisotopic (exact) mass is 312 g/mol. The summed E-state index contributed by atoms with van der Waals surface area (Å²) in [6, 6.07) is 0.0973. The second kappa shape index (κ2) is 5.15. The Labute approximate surface area is 131 Å². The van der Waals surface area contributed by atoms with Gasteiger partial charge in [0.25, 0.3) is 0 Å². The molecule has 2 N–H and O–H groups in total. The molecule has 4 aliphatic rings. The molecule has 118 valence electrons. The quantitative estimate of drug-likeness (QED) is 0.782. The number of nitrogens with one attached hydrogen (secondary N) is 2. The zero-order valence-corrected chi connectivity index (χ0v) is 13.6. The topological polar surface area (TPSA) is 58.2 Å². The SMILES string of the molecule is CC(C)NC(=O)CNC(=O)C12C[C@@H]3C[C@@H](CC(Cl)(C3)C1)C2. The lowest BCUT2D eigenvalue weighted by atomic mass is 9.49. The highest BCUT2D eigenvalue weighted by atomic mass is 35.5. The maximum Gasteiger partial charge on any atom is 0.239 e. The number of amides is 2. The summed E-state index contributed by atoms with van der Waals surface area (Å²) in [5.74, 6) is 1.11. The summed E-state index contributed by atoms with van der Waals surface area (Å²) in [5, 5.41) is 5.65. The van der Waals surface area contributed by atoms with Crippen LogP contribution >= 0.6 is 11.6 Å². The molecule has 0 saturated heterocycles. The first-order valence-corrected chi connectivity index (χ1v) is 8.45. The lowest BCUT2D eigenvalue weighted by Crippen LogP contribution is -2.59. The molecule has 4 rings (SSSR count). The van der Waals surface area contributed by atoms with Crippen molar-refractivity contribution in [2.75, 3.05) is 6.54 Å². The highest BCUT2D eigenvalue weighted by Crippen LogP contribution is 2.63. The molecular weight excluding hydrogens is 288 g/mol. The molecule has 0 aliphatic heterocycles. The van der Waals surface area contributed by atoms with Crippen LogP contribution in [0, 0.1) is 17.3 Å². The molecule has 4 aliphatic carbocycles. The molecule has 4 atom stereocenters. The van der Waals surface area contributed by atoms with Gasteiger partial charge in [0.1, 0.15) is 0 Å². The molecule has 0 heterocycles. The van der Waals surface area contributed by atoms with Crippen molar-refractivity contribution in [3.05, 3.63) is 0 Å². The predicted octanol–water partition coefficient (Wildman–Crippen LogP) is 2.20. The minimum atomic E-state index is -0.316. The van der Waals surface area contributed by atoms with Crippen molar-refractivity contribution in [1.82, 2.24) is 10.6 Å². The lowest BCUT2D eigenvalue weighted by Gasteiger charge is -2.59. The van der Waals surface area contributed by atoms with Crippen LogP contribution in [0.5, 0.6) is 0 Å². The summed E-state index contributed by atoms with van der Waals surface area (Å²) in [6.45, 7) is 3.90. The zero-order valence-electron chi connectivity index (χ0n) is 12.9. The van der Waals surface area contributed by atoms with Crippen molar-refractivity contribution in [3.63, 3.8) is 0 Å². The summed E-state index contributed by atoms with van der Waals surface area (Å²) in [7, 11) is 0. The van der Waals surface area contributed by atoms with Gasteiger partial charge in [-0.25, -0.2) is 0 Å². The van der Waals surface area contributed by atoms with Gasteiger partial charge < -0.3 is 10.6 Å². The van der Waals surface area contributed by atoms with Crippen molar-refractivity contribution in [1.29, 1.82) is 0 Å². The molecule has 21 heavy (non-hydrogen) atoms. The normalized spacial score (nSPS) is 40.4. The number of alkyl halides is 1. The minimum absolute atomic E-state index is 0.0422. The van der Waals surface area contributed by atoms with Crippen LogP contribution < -0.4 is 10.6 Å². The van der Waals surface area contributed by atoms with Gasteiger partial charge in [-0.1, -0.05) is 0 Å².